The topological polar surface area (TPSA) is 66.5 Å². The highest BCUT2D eigenvalue weighted by atomic mass is 16.3. The van der Waals surface area contributed by atoms with Crippen LogP contribution in [0, 0.1) is 0 Å². The number of aromatic hydroxyl groups is 1. The third-order valence-electron chi connectivity index (χ3n) is 2.40. The van der Waals surface area contributed by atoms with Crippen LogP contribution in [-0.2, 0) is 0 Å². The van der Waals surface area contributed by atoms with Crippen molar-refractivity contribution in [1.82, 2.24) is 0 Å². The first-order valence-corrected chi connectivity index (χ1v) is 5.00. The van der Waals surface area contributed by atoms with Crippen molar-refractivity contribution in [2.75, 3.05) is 0 Å². The zero-order valence-corrected chi connectivity index (χ0v) is 8.67. The van der Waals surface area contributed by atoms with E-state index in [1.807, 2.05) is 6.07 Å². The van der Waals surface area contributed by atoms with Gasteiger partial charge in [-0.1, -0.05) is 18.2 Å². The summed E-state index contributed by atoms with van der Waals surface area (Å²) in [5, 5.41) is 19.3. The molecule has 0 amide bonds. The number of hydrogen-bond acceptors (Lipinski definition) is 3. The molecule has 2 rings (SSSR count). The number of nitrogens with two attached hydrogens (primary N) is 1. The molecule has 1 aliphatic rings. The molecule has 82 valence electrons. The van der Waals surface area contributed by atoms with Crippen molar-refractivity contribution < 1.29 is 10.2 Å². The van der Waals surface area contributed by atoms with Crippen LogP contribution in [0.4, 0.5) is 0 Å². The van der Waals surface area contributed by atoms with E-state index in [-0.39, 0.29) is 5.75 Å². The van der Waals surface area contributed by atoms with Gasteiger partial charge >= 0.3 is 0 Å². The lowest BCUT2D eigenvalue weighted by Crippen LogP contribution is -2.11. The highest BCUT2D eigenvalue weighted by molar-refractivity contribution is 5.64. The van der Waals surface area contributed by atoms with E-state index >= 15 is 0 Å². The third-order valence-corrected chi connectivity index (χ3v) is 2.40. The molecule has 1 aliphatic carbocycles. The maximum atomic E-state index is 9.70. The van der Waals surface area contributed by atoms with Crippen molar-refractivity contribution in [3.8, 4) is 5.75 Å². The van der Waals surface area contributed by atoms with Crippen molar-refractivity contribution in [2.24, 2.45) is 5.73 Å². The van der Waals surface area contributed by atoms with E-state index in [1.54, 1.807) is 42.5 Å². The van der Waals surface area contributed by atoms with E-state index in [4.69, 9.17) is 5.73 Å². The normalized spacial score (nSPS) is 22.2. The van der Waals surface area contributed by atoms with Gasteiger partial charge in [-0.3, -0.25) is 0 Å². The number of allylic oxidation sites excluding steroid dienone is 1. The molecule has 4 N–H and O–H groups in total. The maximum absolute atomic E-state index is 9.70. The van der Waals surface area contributed by atoms with Crippen molar-refractivity contribution >= 4 is 6.08 Å². The summed E-state index contributed by atoms with van der Waals surface area (Å²) in [5.74, 6) is 0.184. The average molecular weight is 215 g/mol. The fourth-order valence-corrected chi connectivity index (χ4v) is 1.56. The average Bonchev–Trinajstić information content (AvgIpc) is 2.27. The quantitative estimate of drug-likeness (QED) is 0.665. The van der Waals surface area contributed by atoms with Crippen LogP contribution < -0.4 is 5.73 Å². The van der Waals surface area contributed by atoms with Crippen LogP contribution in [0.2, 0.25) is 0 Å². The van der Waals surface area contributed by atoms with Gasteiger partial charge in [0.25, 0.3) is 0 Å². The standard InChI is InChI=1S/C13H13NO2/c14-11-5-6-13(16)10(8-11)7-9-3-1-2-4-12(9)15/h1-8,13,15-16H,14H2. The summed E-state index contributed by atoms with van der Waals surface area (Å²) in [7, 11) is 0. The van der Waals surface area contributed by atoms with Crippen LogP contribution in [-0.4, -0.2) is 16.3 Å². The first-order valence-electron chi connectivity index (χ1n) is 5.00. The van der Waals surface area contributed by atoms with E-state index in [2.05, 4.69) is 0 Å². The van der Waals surface area contributed by atoms with Gasteiger partial charge in [-0.25, -0.2) is 0 Å². The molecule has 3 nitrogen and oxygen atoms in total. The van der Waals surface area contributed by atoms with Gasteiger partial charge in [-0.05, 0) is 35.9 Å². The number of phenols is 1. The molecule has 0 bridgehead atoms. The molecule has 0 radical (unpaired) electrons. The first-order chi connectivity index (χ1) is 7.66. The smallest absolute Gasteiger partial charge is 0.122 e. The summed E-state index contributed by atoms with van der Waals surface area (Å²) in [5.41, 5.74) is 7.56. The van der Waals surface area contributed by atoms with Crippen molar-refractivity contribution in [1.29, 1.82) is 0 Å². The Morgan fingerprint density at radius 1 is 1.25 bits per heavy atom. The second-order valence-electron chi connectivity index (χ2n) is 3.65. The molecule has 0 fully saturated rings. The van der Waals surface area contributed by atoms with Crippen molar-refractivity contribution in [3.63, 3.8) is 0 Å². The molecule has 1 aromatic rings. The largest absolute Gasteiger partial charge is 0.507 e. The second kappa shape index (κ2) is 4.24. The summed E-state index contributed by atoms with van der Waals surface area (Å²) in [6.45, 7) is 0. The second-order valence-corrected chi connectivity index (χ2v) is 3.65. The molecule has 1 atom stereocenters. The number of rotatable bonds is 1. The Labute approximate surface area is 93.8 Å². The summed E-state index contributed by atoms with van der Waals surface area (Å²) in [6.07, 6.45) is 6.01. The molecule has 16 heavy (non-hydrogen) atoms. The minimum Gasteiger partial charge on any atom is -0.507 e. The van der Waals surface area contributed by atoms with Gasteiger partial charge in [0.2, 0.25) is 0 Å². The summed E-state index contributed by atoms with van der Waals surface area (Å²) in [6, 6.07) is 6.95. The number of phenolic OH excluding ortho intramolecular Hbond substituents is 1. The third kappa shape index (κ3) is 2.15. The van der Waals surface area contributed by atoms with E-state index in [9.17, 15) is 10.2 Å². The number of aliphatic hydroxyl groups excluding tert-OH is 1. The molecule has 3 heteroatoms. The van der Waals surface area contributed by atoms with Gasteiger partial charge in [0, 0.05) is 11.3 Å². The number of hydrogen-bond donors (Lipinski definition) is 3. The first kappa shape index (κ1) is 10.5. The number of aliphatic hydroxyl groups is 1. The Bertz CT molecular complexity index is 486. The van der Waals surface area contributed by atoms with Crippen LogP contribution in [0.1, 0.15) is 5.56 Å². The van der Waals surface area contributed by atoms with Crippen molar-refractivity contribution in [2.45, 2.75) is 6.10 Å². The molecule has 0 heterocycles. The lowest BCUT2D eigenvalue weighted by atomic mass is 10.00. The number of para-hydroxylation sites is 1. The van der Waals surface area contributed by atoms with Gasteiger partial charge in [0.1, 0.15) is 5.75 Å². The van der Waals surface area contributed by atoms with E-state index < -0.39 is 6.10 Å². The molecular weight excluding hydrogens is 202 g/mol. The molecule has 0 saturated carbocycles. The van der Waals surface area contributed by atoms with Crippen LogP contribution >= 0.6 is 0 Å². The lowest BCUT2D eigenvalue weighted by molar-refractivity contribution is 0.263. The summed E-state index contributed by atoms with van der Waals surface area (Å²) in [4.78, 5) is 0. The van der Waals surface area contributed by atoms with Crippen LogP contribution in [0.15, 0.2) is 53.8 Å². The summed E-state index contributed by atoms with van der Waals surface area (Å²) < 4.78 is 0. The fourth-order valence-electron chi connectivity index (χ4n) is 1.56. The molecule has 0 aromatic heterocycles. The minimum atomic E-state index is -0.674. The minimum absolute atomic E-state index is 0.184. The molecule has 0 saturated heterocycles. The van der Waals surface area contributed by atoms with Gasteiger partial charge in [-0.15, -0.1) is 0 Å². The van der Waals surface area contributed by atoms with Gasteiger partial charge < -0.3 is 15.9 Å². The highest BCUT2D eigenvalue weighted by Gasteiger charge is 2.10. The Hall–Kier alpha value is -2.00. The fraction of sp³-hybridized carbons (Fsp3) is 0.0769. The number of benzene rings is 1. The van der Waals surface area contributed by atoms with Gasteiger partial charge in [-0.2, -0.15) is 0 Å². The zero-order valence-electron chi connectivity index (χ0n) is 8.67. The molecule has 1 aromatic carbocycles. The molecular formula is C13H13NO2. The van der Waals surface area contributed by atoms with Gasteiger partial charge in [0.05, 0.1) is 6.10 Å². The Kier molecular flexibility index (Phi) is 2.79. The lowest BCUT2D eigenvalue weighted by Gasteiger charge is -2.13. The predicted molar refractivity (Wildman–Crippen MR) is 63.5 cm³/mol. The maximum Gasteiger partial charge on any atom is 0.122 e. The van der Waals surface area contributed by atoms with Gasteiger partial charge in [0.15, 0.2) is 0 Å². The Morgan fingerprint density at radius 3 is 2.75 bits per heavy atom. The molecule has 0 spiro atoms. The van der Waals surface area contributed by atoms with E-state index in [0.717, 1.165) is 0 Å². The Morgan fingerprint density at radius 2 is 2.00 bits per heavy atom. The van der Waals surface area contributed by atoms with Crippen LogP contribution in [0.25, 0.3) is 6.08 Å². The van der Waals surface area contributed by atoms with Crippen molar-refractivity contribution in [3.05, 3.63) is 59.3 Å². The van der Waals surface area contributed by atoms with Crippen LogP contribution in [0.5, 0.6) is 5.75 Å². The predicted octanol–water partition coefficient (Wildman–Crippen LogP) is 1.55. The van der Waals surface area contributed by atoms with E-state index in [1.165, 1.54) is 0 Å². The van der Waals surface area contributed by atoms with Crippen LogP contribution in [0.3, 0.4) is 0 Å². The molecule has 1 unspecified atom stereocenters. The highest BCUT2D eigenvalue weighted by Crippen LogP contribution is 2.23. The van der Waals surface area contributed by atoms with E-state index in [0.29, 0.717) is 16.8 Å². The summed E-state index contributed by atoms with van der Waals surface area (Å²) >= 11 is 0. The zero-order chi connectivity index (χ0) is 11.5. The molecule has 0 aliphatic heterocycles. The monoisotopic (exact) mass is 215 g/mol. The Balaban J connectivity index is 2.38. The SMILES string of the molecule is NC1=CC(=Cc2ccccc2O)C(O)C=C1.